The molecule has 2 unspecified atom stereocenters. The van der Waals surface area contributed by atoms with Crippen molar-refractivity contribution in [1.82, 2.24) is 9.78 Å². The highest BCUT2D eigenvalue weighted by Crippen LogP contribution is 2.13. The first-order valence-electron chi connectivity index (χ1n) is 4.45. The van der Waals surface area contributed by atoms with E-state index in [0.717, 1.165) is 0 Å². The second-order valence-electron chi connectivity index (χ2n) is 3.30. The molecule has 6 nitrogen and oxygen atoms in total. The highest BCUT2D eigenvalue weighted by molar-refractivity contribution is 5.56. The van der Waals surface area contributed by atoms with Crippen LogP contribution in [0.1, 0.15) is 13.3 Å². The number of nitrogens with zero attached hydrogens (tertiary/aromatic N) is 2. The van der Waals surface area contributed by atoms with Crippen LogP contribution < -0.4 is 11.5 Å². The van der Waals surface area contributed by atoms with E-state index < -0.39 is 12.2 Å². The van der Waals surface area contributed by atoms with Gasteiger partial charge in [0.05, 0.1) is 24.1 Å². The lowest BCUT2D eigenvalue weighted by molar-refractivity contribution is 0.0232. The van der Waals surface area contributed by atoms with Crippen LogP contribution in [0, 0.1) is 0 Å². The summed E-state index contributed by atoms with van der Waals surface area (Å²) >= 11 is 0. The lowest BCUT2D eigenvalue weighted by Crippen LogP contribution is -2.24. The number of nitrogen functional groups attached to an aromatic ring is 2. The van der Waals surface area contributed by atoms with Crippen LogP contribution in [0.4, 0.5) is 11.5 Å². The predicted octanol–water partition coefficient (Wildman–Crippen LogP) is -0.821. The first-order chi connectivity index (χ1) is 6.52. The molecule has 2 atom stereocenters. The maximum Gasteiger partial charge on any atom is 0.145 e. The minimum absolute atomic E-state index is 0.391. The van der Waals surface area contributed by atoms with E-state index in [1.54, 1.807) is 0 Å². The molecule has 0 spiro atoms. The van der Waals surface area contributed by atoms with Crippen molar-refractivity contribution in [3.8, 4) is 0 Å². The minimum Gasteiger partial charge on any atom is -0.394 e. The number of hydrogen-bond donors (Lipinski definition) is 4. The van der Waals surface area contributed by atoms with Crippen molar-refractivity contribution in [3.63, 3.8) is 0 Å². The summed E-state index contributed by atoms with van der Waals surface area (Å²) < 4.78 is 1.50. The molecule has 0 fully saturated rings. The van der Waals surface area contributed by atoms with Crippen LogP contribution in [-0.4, -0.2) is 32.2 Å². The molecule has 0 saturated heterocycles. The normalized spacial score (nSPS) is 15.4. The highest BCUT2D eigenvalue weighted by atomic mass is 16.3. The van der Waals surface area contributed by atoms with Gasteiger partial charge in [0.25, 0.3) is 0 Å². The van der Waals surface area contributed by atoms with E-state index in [-0.39, 0.29) is 0 Å². The molecule has 0 radical (unpaired) electrons. The second-order valence-corrected chi connectivity index (χ2v) is 3.30. The number of aliphatic hydroxyl groups is 2. The fourth-order valence-electron chi connectivity index (χ4n) is 1.08. The molecular formula is C8H16N4O2. The van der Waals surface area contributed by atoms with Crippen LogP contribution in [-0.2, 0) is 6.54 Å². The fraction of sp³-hybridized carbons (Fsp3) is 0.625. The van der Waals surface area contributed by atoms with Crippen LogP contribution >= 0.6 is 0 Å². The van der Waals surface area contributed by atoms with Gasteiger partial charge in [0.15, 0.2) is 0 Å². The molecule has 6 heteroatoms. The third-order valence-corrected chi connectivity index (χ3v) is 2.10. The third kappa shape index (κ3) is 2.36. The maximum absolute atomic E-state index is 9.32. The van der Waals surface area contributed by atoms with Gasteiger partial charge in [0.1, 0.15) is 5.82 Å². The summed E-state index contributed by atoms with van der Waals surface area (Å²) in [6, 6.07) is 0. The van der Waals surface area contributed by atoms with Crippen molar-refractivity contribution >= 4 is 11.5 Å². The Bertz CT molecular complexity index is 298. The molecule has 1 rings (SSSR count). The smallest absolute Gasteiger partial charge is 0.145 e. The largest absolute Gasteiger partial charge is 0.394 e. The monoisotopic (exact) mass is 200 g/mol. The van der Waals surface area contributed by atoms with Crippen LogP contribution in [0.5, 0.6) is 0 Å². The number of aryl methyl sites for hydroxylation is 1. The summed E-state index contributed by atoms with van der Waals surface area (Å²) in [6.07, 6.45) is 0.344. The van der Waals surface area contributed by atoms with Gasteiger partial charge < -0.3 is 21.7 Å². The summed E-state index contributed by atoms with van der Waals surface area (Å²) in [6.45, 7) is 1.97. The van der Waals surface area contributed by atoms with Crippen molar-refractivity contribution in [2.24, 2.45) is 0 Å². The predicted molar refractivity (Wildman–Crippen MR) is 53.4 cm³/mol. The van der Waals surface area contributed by atoms with Crippen molar-refractivity contribution in [1.29, 1.82) is 0 Å². The van der Waals surface area contributed by atoms with Crippen LogP contribution in [0.2, 0.25) is 0 Å². The van der Waals surface area contributed by atoms with E-state index in [0.29, 0.717) is 24.5 Å². The van der Waals surface area contributed by atoms with Gasteiger partial charge in [-0.1, -0.05) is 0 Å². The molecule has 6 N–H and O–H groups in total. The minimum atomic E-state index is -0.764. The van der Waals surface area contributed by atoms with Gasteiger partial charge in [-0.2, -0.15) is 5.10 Å². The summed E-state index contributed by atoms with van der Waals surface area (Å²) in [5, 5.41) is 22.3. The van der Waals surface area contributed by atoms with E-state index in [2.05, 4.69) is 5.10 Å². The first kappa shape index (κ1) is 10.8. The quantitative estimate of drug-likeness (QED) is 0.507. The summed E-state index contributed by atoms with van der Waals surface area (Å²) in [5.74, 6) is 0.391. The molecule has 0 aliphatic carbocycles. The van der Waals surface area contributed by atoms with Gasteiger partial charge in [0.2, 0.25) is 0 Å². The topological polar surface area (TPSA) is 110 Å². The SMILES string of the molecule is CC(O)C(O)CCn1ncc(N)c1N. The zero-order valence-electron chi connectivity index (χ0n) is 8.09. The Balaban J connectivity index is 2.50. The Morgan fingerprint density at radius 2 is 2.14 bits per heavy atom. The molecule has 80 valence electrons. The van der Waals surface area contributed by atoms with E-state index >= 15 is 0 Å². The lowest BCUT2D eigenvalue weighted by Gasteiger charge is -2.13. The molecule has 0 bridgehead atoms. The molecule has 14 heavy (non-hydrogen) atoms. The van der Waals surface area contributed by atoms with E-state index in [1.165, 1.54) is 17.8 Å². The number of anilines is 2. The second kappa shape index (κ2) is 4.30. The zero-order valence-corrected chi connectivity index (χ0v) is 8.09. The zero-order chi connectivity index (χ0) is 10.7. The van der Waals surface area contributed by atoms with E-state index in [9.17, 15) is 5.11 Å². The van der Waals surface area contributed by atoms with Gasteiger partial charge in [-0.15, -0.1) is 0 Å². The third-order valence-electron chi connectivity index (χ3n) is 2.10. The van der Waals surface area contributed by atoms with E-state index in [4.69, 9.17) is 16.6 Å². The number of rotatable bonds is 4. The van der Waals surface area contributed by atoms with Crippen molar-refractivity contribution in [2.45, 2.75) is 32.1 Å². The Labute approximate surface area is 82.1 Å². The Hall–Kier alpha value is -1.27. The highest BCUT2D eigenvalue weighted by Gasteiger charge is 2.12. The van der Waals surface area contributed by atoms with Gasteiger partial charge >= 0.3 is 0 Å². The molecule has 0 saturated carbocycles. The summed E-state index contributed by atoms with van der Waals surface area (Å²) in [5.41, 5.74) is 11.5. The lowest BCUT2D eigenvalue weighted by atomic mass is 10.1. The number of aromatic nitrogens is 2. The summed E-state index contributed by atoms with van der Waals surface area (Å²) in [7, 11) is 0. The average Bonchev–Trinajstić information content (AvgIpc) is 2.44. The molecule has 1 heterocycles. The van der Waals surface area contributed by atoms with Crippen molar-refractivity contribution in [3.05, 3.63) is 6.20 Å². The van der Waals surface area contributed by atoms with Gasteiger partial charge in [-0.05, 0) is 13.3 Å². The van der Waals surface area contributed by atoms with Gasteiger partial charge in [-0.25, -0.2) is 4.68 Å². The Morgan fingerprint density at radius 3 is 2.57 bits per heavy atom. The molecule has 0 amide bonds. The Morgan fingerprint density at radius 1 is 1.50 bits per heavy atom. The molecule has 0 aliphatic rings. The molecule has 1 aromatic rings. The Kier molecular flexibility index (Phi) is 3.32. The molecular weight excluding hydrogens is 184 g/mol. The van der Waals surface area contributed by atoms with Crippen LogP contribution in [0.3, 0.4) is 0 Å². The van der Waals surface area contributed by atoms with Gasteiger partial charge in [0, 0.05) is 6.54 Å². The number of nitrogens with two attached hydrogens (primary N) is 2. The fourth-order valence-corrected chi connectivity index (χ4v) is 1.08. The van der Waals surface area contributed by atoms with E-state index in [1.807, 2.05) is 0 Å². The van der Waals surface area contributed by atoms with Crippen LogP contribution in [0.15, 0.2) is 6.20 Å². The molecule has 0 aromatic carbocycles. The van der Waals surface area contributed by atoms with Gasteiger partial charge in [-0.3, -0.25) is 0 Å². The number of aliphatic hydroxyl groups excluding tert-OH is 2. The standard InChI is InChI=1S/C8H16N4O2/c1-5(13)7(14)2-3-12-8(10)6(9)4-11-12/h4-5,7,13-14H,2-3,9-10H2,1H3. The molecule has 1 aromatic heterocycles. The average molecular weight is 200 g/mol. The summed E-state index contributed by atoms with van der Waals surface area (Å²) in [4.78, 5) is 0. The van der Waals surface area contributed by atoms with Crippen molar-refractivity contribution in [2.75, 3.05) is 11.5 Å². The molecule has 0 aliphatic heterocycles. The number of hydrogen-bond acceptors (Lipinski definition) is 5. The van der Waals surface area contributed by atoms with Crippen molar-refractivity contribution < 1.29 is 10.2 Å². The van der Waals surface area contributed by atoms with Crippen LogP contribution in [0.25, 0.3) is 0 Å². The maximum atomic E-state index is 9.32. The first-order valence-corrected chi connectivity index (χ1v) is 4.45.